The number of nitrogens with one attached hydrogen (secondary N) is 1. The molecule has 0 unspecified atom stereocenters. The van der Waals surface area contributed by atoms with Crippen LogP contribution < -0.4 is 14.8 Å². The van der Waals surface area contributed by atoms with Crippen molar-refractivity contribution < 1.29 is 14.3 Å². The third-order valence-electron chi connectivity index (χ3n) is 3.75. The molecule has 1 amide bonds. The molecule has 7 heteroatoms. The molecule has 136 valence electrons. The first kappa shape index (κ1) is 18.4. The number of aryl methyl sites for hydroxylation is 1. The van der Waals surface area contributed by atoms with Gasteiger partial charge in [-0.25, -0.2) is 4.98 Å². The molecule has 0 spiro atoms. The van der Waals surface area contributed by atoms with Crippen molar-refractivity contribution in [3.05, 3.63) is 59.0 Å². The highest BCUT2D eigenvalue weighted by atomic mass is 32.1. The summed E-state index contributed by atoms with van der Waals surface area (Å²) >= 11 is 1.32. The highest BCUT2D eigenvalue weighted by Gasteiger charge is 2.13. The van der Waals surface area contributed by atoms with Crippen LogP contribution in [0, 0.1) is 18.3 Å². The summed E-state index contributed by atoms with van der Waals surface area (Å²) in [6.45, 7) is 1.79. The summed E-state index contributed by atoms with van der Waals surface area (Å²) in [6, 6.07) is 14.6. The standard InChI is InChI=1S/C20H17N3O3S/c1-13-7-8-18(25-2)15(9-13)16-12-27-20(22-16)23-19(24)11-26-17-6-4-3-5-14(17)10-21/h3-9,12H,11H2,1-2H3,(H,22,23,24). The number of nitrogens with zero attached hydrogens (tertiary/aromatic N) is 2. The van der Waals surface area contributed by atoms with Crippen LogP contribution in [-0.4, -0.2) is 24.6 Å². The summed E-state index contributed by atoms with van der Waals surface area (Å²) < 4.78 is 10.8. The molecule has 0 bridgehead atoms. The Morgan fingerprint density at radius 1 is 1.26 bits per heavy atom. The van der Waals surface area contributed by atoms with Crippen LogP contribution in [0.25, 0.3) is 11.3 Å². The molecule has 0 aliphatic rings. The van der Waals surface area contributed by atoms with Gasteiger partial charge in [-0.2, -0.15) is 5.26 Å². The van der Waals surface area contributed by atoms with Crippen LogP contribution in [0.1, 0.15) is 11.1 Å². The number of para-hydroxylation sites is 1. The van der Waals surface area contributed by atoms with E-state index in [9.17, 15) is 4.79 Å². The van der Waals surface area contributed by atoms with E-state index in [4.69, 9.17) is 14.7 Å². The number of carbonyl (C=O) groups is 1. The van der Waals surface area contributed by atoms with Crippen molar-refractivity contribution in [3.63, 3.8) is 0 Å². The summed E-state index contributed by atoms with van der Waals surface area (Å²) in [6.07, 6.45) is 0. The predicted molar refractivity (Wildman–Crippen MR) is 104 cm³/mol. The van der Waals surface area contributed by atoms with Gasteiger partial charge in [0.15, 0.2) is 11.7 Å². The van der Waals surface area contributed by atoms with Crippen LogP contribution in [0.3, 0.4) is 0 Å². The molecule has 27 heavy (non-hydrogen) atoms. The summed E-state index contributed by atoms with van der Waals surface area (Å²) in [5.74, 6) is 0.750. The molecule has 0 saturated carbocycles. The van der Waals surface area contributed by atoms with Gasteiger partial charge < -0.3 is 9.47 Å². The van der Waals surface area contributed by atoms with Gasteiger partial charge in [-0.3, -0.25) is 10.1 Å². The van der Waals surface area contributed by atoms with Gasteiger partial charge >= 0.3 is 0 Å². The van der Waals surface area contributed by atoms with E-state index in [-0.39, 0.29) is 12.5 Å². The largest absolute Gasteiger partial charge is 0.496 e. The van der Waals surface area contributed by atoms with E-state index in [1.807, 2.05) is 36.6 Å². The fourth-order valence-electron chi connectivity index (χ4n) is 2.46. The maximum absolute atomic E-state index is 12.1. The third kappa shape index (κ3) is 4.43. The molecule has 0 atom stereocenters. The van der Waals surface area contributed by atoms with Crippen LogP contribution in [0.2, 0.25) is 0 Å². The van der Waals surface area contributed by atoms with Gasteiger partial charge in [-0.05, 0) is 31.2 Å². The molecular weight excluding hydrogens is 362 g/mol. The molecule has 6 nitrogen and oxygen atoms in total. The third-order valence-corrected chi connectivity index (χ3v) is 4.51. The van der Waals surface area contributed by atoms with Crippen molar-refractivity contribution in [1.29, 1.82) is 5.26 Å². The van der Waals surface area contributed by atoms with Crippen LogP contribution in [0.15, 0.2) is 47.8 Å². The Morgan fingerprint density at radius 3 is 2.85 bits per heavy atom. The number of anilines is 1. The molecule has 0 fully saturated rings. The number of benzene rings is 2. The SMILES string of the molecule is COc1ccc(C)cc1-c1csc(NC(=O)COc2ccccc2C#N)n1. The maximum Gasteiger partial charge on any atom is 0.264 e. The number of hydrogen-bond donors (Lipinski definition) is 1. The zero-order valence-corrected chi connectivity index (χ0v) is 15.7. The van der Waals surface area contributed by atoms with Crippen LogP contribution >= 0.6 is 11.3 Å². The number of carbonyl (C=O) groups excluding carboxylic acids is 1. The van der Waals surface area contributed by atoms with E-state index in [1.54, 1.807) is 31.4 Å². The monoisotopic (exact) mass is 379 g/mol. The first-order valence-electron chi connectivity index (χ1n) is 8.13. The minimum absolute atomic E-state index is 0.207. The minimum atomic E-state index is -0.347. The molecule has 1 heterocycles. The molecule has 3 rings (SSSR count). The Kier molecular flexibility index (Phi) is 5.69. The second-order valence-corrected chi connectivity index (χ2v) is 6.54. The number of nitriles is 1. The summed E-state index contributed by atoms with van der Waals surface area (Å²) in [4.78, 5) is 16.6. The van der Waals surface area contributed by atoms with Crippen molar-refractivity contribution in [2.75, 3.05) is 19.0 Å². The average Bonchev–Trinajstić information content (AvgIpc) is 3.14. The Bertz CT molecular complexity index is 1010. The molecule has 1 N–H and O–H groups in total. The first-order chi connectivity index (χ1) is 13.1. The zero-order chi connectivity index (χ0) is 19.2. The Hall–Kier alpha value is -3.37. The molecule has 0 saturated heterocycles. The summed E-state index contributed by atoms with van der Waals surface area (Å²) in [5, 5.41) is 14.1. The number of rotatable bonds is 6. The van der Waals surface area contributed by atoms with Gasteiger partial charge in [0.05, 0.1) is 18.4 Å². The van der Waals surface area contributed by atoms with E-state index < -0.39 is 0 Å². The number of hydrogen-bond acceptors (Lipinski definition) is 6. The van der Waals surface area contributed by atoms with Gasteiger partial charge in [0.1, 0.15) is 17.6 Å². The van der Waals surface area contributed by atoms with Gasteiger partial charge in [-0.1, -0.05) is 23.8 Å². The highest BCUT2D eigenvalue weighted by Crippen LogP contribution is 2.32. The van der Waals surface area contributed by atoms with E-state index >= 15 is 0 Å². The number of aromatic nitrogens is 1. The van der Waals surface area contributed by atoms with E-state index in [0.717, 1.165) is 22.6 Å². The number of methoxy groups -OCH3 is 1. The van der Waals surface area contributed by atoms with Crippen LogP contribution in [0.5, 0.6) is 11.5 Å². The van der Waals surface area contributed by atoms with Crippen LogP contribution in [-0.2, 0) is 4.79 Å². The van der Waals surface area contributed by atoms with Crippen molar-refractivity contribution in [2.24, 2.45) is 0 Å². The quantitative estimate of drug-likeness (QED) is 0.699. The van der Waals surface area contributed by atoms with Gasteiger partial charge in [0.25, 0.3) is 5.91 Å². The van der Waals surface area contributed by atoms with Crippen molar-refractivity contribution in [3.8, 4) is 28.8 Å². The molecule has 0 aliphatic heterocycles. The number of ether oxygens (including phenoxy) is 2. The summed E-state index contributed by atoms with van der Waals surface area (Å²) in [5.41, 5.74) is 3.07. The highest BCUT2D eigenvalue weighted by molar-refractivity contribution is 7.14. The fraction of sp³-hybridized carbons (Fsp3) is 0.150. The van der Waals surface area contributed by atoms with Gasteiger partial charge in [0, 0.05) is 10.9 Å². The van der Waals surface area contributed by atoms with Crippen LogP contribution in [0.4, 0.5) is 5.13 Å². The first-order valence-corrected chi connectivity index (χ1v) is 9.01. The lowest BCUT2D eigenvalue weighted by Gasteiger charge is -2.08. The van der Waals surface area contributed by atoms with Crippen molar-refractivity contribution in [1.82, 2.24) is 4.98 Å². The smallest absolute Gasteiger partial charge is 0.264 e. The van der Waals surface area contributed by atoms with Crippen molar-refractivity contribution in [2.45, 2.75) is 6.92 Å². The Morgan fingerprint density at radius 2 is 2.07 bits per heavy atom. The lowest BCUT2D eigenvalue weighted by atomic mass is 10.1. The Labute approximate surface area is 161 Å². The second kappa shape index (κ2) is 8.34. The minimum Gasteiger partial charge on any atom is -0.496 e. The molecule has 3 aromatic rings. The number of thiazole rings is 1. The Balaban J connectivity index is 1.67. The summed E-state index contributed by atoms with van der Waals surface area (Å²) in [7, 11) is 1.61. The molecule has 0 aliphatic carbocycles. The lowest BCUT2D eigenvalue weighted by Crippen LogP contribution is -2.20. The normalized spacial score (nSPS) is 10.1. The number of amides is 1. The molecule has 0 radical (unpaired) electrons. The predicted octanol–water partition coefficient (Wildman–Crippen LogP) is 4.02. The van der Waals surface area contributed by atoms with E-state index in [2.05, 4.69) is 10.3 Å². The second-order valence-electron chi connectivity index (χ2n) is 5.69. The fourth-order valence-corrected chi connectivity index (χ4v) is 3.19. The van der Waals surface area contributed by atoms with Crippen molar-refractivity contribution >= 4 is 22.4 Å². The van der Waals surface area contributed by atoms with Gasteiger partial charge in [-0.15, -0.1) is 11.3 Å². The van der Waals surface area contributed by atoms with E-state index in [0.29, 0.717) is 16.4 Å². The lowest BCUT2D eigenvalue weighted by molar-refractivity contribution is -0.118. The molecular formula is C20H17N3O3S. The zero-order valence-electron chi connectivity index (χ0n) is 14.9. The molecule has 2 aromatic carbocycles. The average molecular weight is 379 g/mol. The topological polar surface area (TPSA) is 84.2 Å². The molecule has 1 aromatic heterocycles. The maximum atomic E-state index is 12.1. The van der Waals surface area contributed by atoms with E-state index in [1.165, 1.54) is 11.3 Å². The van der Waals surface area contributed by atoms with Gasteiger partial charge in [0.2, 0.25) is 0 Å².